The predicted molar refractivity (Wildman–Crippen MR) is 329 cm³/mol. The summed E-state index contributed by atoms with van der Waals surface area (Å²) >= 11 is 0. The van der Waals surface area contributed by atoms with Crippen LogP contribution in [0, 0.1) is 0 Å². The van der Waals surface area contributed by atoms with Crippen molar-refractivity contribution in [1.82, 2.24) is 30.1 Å². The fourth-order valence-electron chi connectivity index (χ4n) is 11.7. The van der Waals surface area contributed by atoms with E-state index >= 15 is 0 Å². The largest absolute Gasteiger partial charge is 0.480 e. The van der Waals surface area contributed by atoms with Gasteiger partial charge in [0.15, 0.2) is 0 Å². The smallest absolute Gasteiger partial charge is 0.317 e. The van der Waals surface area contributed by atoms with E-state index < -0.39 is 72.5 Å². The molecule has 0 spiro atoms. The van der Waals surface area contributed by atoms with Crippen LogP contribution in [0.25, 0.3) is 0 Å². The van der Waals surface area contributed by atoms with Crippen molar-refractivity contribution in [1.29, 1.82) is 0 Å². The van der Waals surface area contributed by atoms with Gasteiger partial charge in [0.05, 0.1) is 75.0 Å². The molecule has 0 atom stereocenters. The molecule has 0 aromatic heterocycles. The highest BCUT2D eigenvalue weighted by Gasteiger charge is 2.50. The Kier molecular flexibility index (Phi) is 30.6. The first-order valence-corrected chi connectivity index (χ1v) is 30.0. The number of aliphatic hydroxyl groups is 4. The van der Waals surface area contributed by atoms with Crippen molar-refractivity contribution in [3.8, 4) is 0 Å². The summed E-state index contributed by atoms with van der Waals surface area (Å²) in [5, 5.41) is 80.9. The zero-order chi connectivity index (χ0) is 69.6. The number of Topliss-reactive ketones (excluding diaryl/α,β-unsaturated/α-hetero) is 4. The first-order valence-electron chi connectivity index (χ1n) is 30.0. The van der Waals surface area contributed by atoms with Crippen LogP contribution in [0.15, 0.2) is 0 Å². The highest BCUT2D eigenvalue weighted by Crippen LogP contribution is 2.40. The lowest BCUT2D eigenvalue weighted by Crippen LogP contribution is -2.61. The maximum atomic E-state index is 11.7. The Bertz CT molecular complexity index is 1940. The Morgan fingerprint density at radius 2 is 0.455 bits per heavy atom. The van der Waals surface area contributed by atoms with E-state index in [1.165, 1.54) is 0 Å². The number of hydroxylamine groups is 8. The van der Waals surface area contributed by atoms with E-state index in [0.717, 1.165) is 9.80 Å². The molecule has 4 heterocycles. The van der Waals surface area contributed by atoms with E-state index in [-0.39, 0.29) is 107 Å². The van der Waals surface area contributed by atoms with E-state index in [1.807, 2.05) is 131 Å². The predicted octanol–water partition coefficient (Wildman–Crippen LogP) is 5.57. The number of hydrogen-bond acceptors (Lipinski definition) is 22. The standard InChI is InChI=1S/4C13H25NO3.C10H16N2O8/c4*1-11(2)7-10(15)8-12(3,4)14(11)17-9-13(5,6)16;13-7(14)3-11(4-8(15)16)1-2-12(5-9(17)18)6-10(19)20/h4*16H,7-9H2,1-6H3;1-6H2,(H,13,14)(H,15,16)(H,17,18)(H,19,20). The number of aliphatic carboxylic acids is 4. The maximum Gasteiger partial charge on any atom is 0.317 e. The molecule has 4 aliphatic heterocycles. The van der Waals surface area contributed by atoms with Gasteiger partial charge in [0.2, 0.25) is 0 Å². The summed E-state index contributed by atoms with van der Waals surface area (Å²) < 4.78 is 0. The molecule has 0 amide bonds. The third kappa shape index (κ3) is 32.3. The number of carboxylic acid groups (broad SMARTS) is 4. The molecule has 26 nitrogen and oxygen atoms in total. The normalized spacial score (nSPS) is 21.8. The van der Waals surface area contributed by atoms with Crippen molar-refractivity contribution in [3.63, 3.8) is 0 Å². The molecule has 0 aromatic rings. The lowest BCUT2D eigenvalue weighted by Gasteiger charge is -2.51. The maximum absolute atomic E-state index is 11.7. The monoisotopic (exact) mass is 1260 g/mol. The van der Waals surface area contributed by atoms with Crippen LogP contribution >= 0.6 is 0 Å². The molecular weight excluding hydrogens is 1150 g/mol. The van der Waals surface area contributed by atoms with Crippen LogP contribution in [0.3, 0.4) is 0 Å². The second kappa shape index (κ2) is 32.0. The molecule has 4 rings (SSSR count). The SMILES string of the molecule is CC(C)(O)CON1C(C)(C)CC(=O)CC1(C)C.CC(C)(O)CON1C(C)(C)CC(=O)CC1(C)C.CC(C)(O)CON1C(C)(C)CC(=O)CC1(C)C.CC(C)(O)CON1C(C)(C)CC(=O)CC1(C)C.O=C(O)CN(CCN(CC(=O)O)CC(=O)O)CC(=O)O. The van der Waals surface area contributed by atoms with Gasteiger partial charge in [0, 0.05) is 109 Å². The van der Waals surface area contributed by atoms with E-state index in [2.05, 4.69) is 0 Å². The summed E-state index contributed by atoms with van der Waals surface area (Å²) in [7, 11) is 0. The van der Waals surface area contributed by atoms with Crippen molar-refractivity contribution in [3.05, 3.63) is 0 Å². The highest BCUT2D eigenvalue weighted by atomic mass is 16.7. The Morgan fingerprint density at radius 3 is 0.557 bits per heavy atom. The Balaban J connectivity index is 0.00000108. The molecule has 0 aliphatic carbocycles. The minimum atomic E-state index is -1.23. The van der Waals surface area contributed by atoms with Gasteiger partial charge < -0.3 is 40.9 Å². The molecule has 0 radical (unpaired) electrons. The van der Waals surface area contributed by atoms with Crippen molar-refractivity contribution in [2.45, 2.75) is 284 Å². The van der Waals surface area contributed by atoms with Crippen LogP contribution in [0.1, 0.15) is 218 Å². The molecule has 0 aromatic carbocycles. The van der Waals surface area contributed by atoms with Crippen LogP contribution < -0.4 is 0 Å². The molecular formula is C62H116N6O20. The van der Waals surface area contributed by atoms with Crippen molar-refractivity contribution in [2.24, 2.45) is 0 Å². The van der Waals surface area contributed by atoms with E-state index in [9.17, 15) is 58.8 Å². The zero-order valence-corrected chi connectivity index (χ0v) is 57.9. The molecule has 88 heavy (non-hydrogen) atoms. The van der Waals surface area contributed by atoms with Gasteiger partial charge in [-0.05, 0) is 166 Å². The third-order valence-electron chi connectivity index (χ3n) is 13.8. The van der Waals surface area contributed by atoms with Gasteiger partial charge in [-0.15, -0.1) is 0 Å². The fourth-order valence-corrected chi connectivity index (χ4v) is 11.7. The van der Waals surface area contributed by atoms with Crippen LogP contribution in [-0.4, -0.2) is 250 Å². The van der Waals surface area contributed by atoms with Crippen molar-refractivity contribution >= 4 is 47.0 Å². The summed E-state index contributed by atoms with van der Waals surface area (Å²) in [6.07, 6.45) is 3.91. The number of carbonyl (C=O) groups excluding carboxylic acids is 4. The average molecular weight is 1270 g/mol. The topological polar surface area (TPSA) is 355 Å². The summed E-state index contributed by atoms with van der Waals surface area (Å²) in [4.78, 5) is 114. The summed E-state index contributed by atoms with van der Waals surface area (Å²) in [6.45, 7) is 44.3. The number of carboxylic acids is 4. The molecule has 4 aliphatic rings. The number of piperidine rings is 4. The van der Waals surface area contributed by atoms with Crippen LogP contribution in [-0.2, 0) is 57.7 Å². The van der Waals surface area contributed by atoms with E-state index in [1.54, 1.807) is 55.4 Å². The van der Waals surface area contributed by atoms with Gasteiger partial charge in [0.25, 0.3) is 0 Å². The summed E-state index contributed by atoms with van der Waals surface area (Å²) in [5.74, 6) is -3.84. The van der Waals surface area contributed by atoms with Crippen LogP contribution in [0.5, 0.6) is 0 Å². The summed E-state index contributed by atoms with van der Waals surface area (Å²) in [5.41, 5.74) is -6.10. The Morgan fingerprint density at radius 1 is 0.330 bits per heavy atom. The van der Waals surface area contributed by atoms with Crippen LogP contribution in [0.4, 0.5) is 0 Å². The quantitative estimate of drug-likeness (QED) is 0.0619. The van der Waals surface area contributed by atoms with Gasteiger partial charge in [-0.2, -0.15) is 20.3 Å². The molecule has 4 fully saturated rings. The minimum Gasteiger partial charge on any atom is -0.480 e. The molecule has 514 valence electrons. The van der Waals surface area contributed by atoms with Gasteiger partial charge in [-0.1, -0.05) is 0 Å². The molecule has 0 unspecified atom stereocenters. The third-order valence-corrected chi connectivity index (χ3v) is 13.8. The number of nitrogens with zero attached hydrogens (tertiary/aromatic N) is 6. The lowest BCUT2D eigenvalue weighted by atomic mass is 9.81. The average Bonchev–Trinajstić information content (AvgIpc) is 0.886. The first kappa shape index (κ1) is 84.0. The number of carbonyl (C=O) groups is 8. The fraction of sp³-hybridized carbons (Fsp3) is 0.871. The van der Waals surface area contributed by atoms with E-state index in [4.69, 9.17) is 39.8 Å². The zero-order valence-electron chi connectivity index (χ0n) is 57.9. The number of hydrogen-bond donors (Lipinski definition) is 8. The molecule has 26 heteroatoms. The van der Waals surface area contributed by atoms with Gasteiger partial charge >= 0.3 is 23.9 Å². The lowest BCUT2D eigenvalue weighted by molar-refractivity contribution is -0.290. The summed E-state index contributed by atoms with van der Waals surface area (Å²) in [6, 6.07) is 0. The highest BCUT2D eigenvalue weighted by molar-refractivity contribution is 5.83. The molecule has 4 saturated heterocycles. The van der Waals surface area contributed by atoms with Crippen molar-refractivity contribution in [2.75, 3.05) is 65.7 Å². The molecule has 0 saturated carbocycles. The second-order valence-electron chi connectivity index (χ2n) is 31.6. The molecule has 8 N–H and O–H groups in total. The van der Waals surface area contributed by atoms with E-state index in [0.29, 0.717) is 51.4 Å². The van der Waals surface area contributed by atoms with Gasteiger partial charge in [0.1, 0.15) is 23.1 Å². The first-order chi connectivity index (χ1) is 39.0. The Hall–Kier alpha value is -4.00. The van der Waals surface area contributed by atoms with Gasteiger partial charge in [-0.25, -0.2) is 0 Å². The number of ketones is 4. The Labute approximate surface area is 523 Å². The number of rotatable bonds is 23. The van der Waals surface area contributed by atoms with Crippen molar-refractivity contribution < 1.29 is 98.6 Å². The molecule has 0 bridgehead atoms. The van der Waals surface area contributed by atoms with Gasteiger partial charge in [-0.3, -0.25) is 67.5 Å². The van der Waals surface area contributed by atoms with Crippen LogP contribution in [0.2, 0.25) is 0 Å². The minimum absolute atomic E-state index is 0.0703. The second-order valence-corrected chi connectivity index (χ2v) is 31.6.